The van der Waals surface area contributed by atoms with Crippen LogP contribution in [0.3, 0.4) is 0 Å². The van der Waals surface area contributed by atoms with Gasteiger partial charge in [-0.3, -0.25) is 4.79 Å². The van der Waals surface area contributed by atoms with Crippen LogP contribution in [0.2, 0.25) is 0 Å². The lowest BCUT2D eigenvalue weighted by molar-refractivity contribution is -0.120. The summed E-state index contributed by atoms with van der Waals surface area (Å²) in [7, 11) is 0. The molecule has 0 spiro atoms. The van der Waals surface area contributed by atoms with Crippen molar-refractivity contribution in [3.63, 3.8) is 0 Å². The molecular weight excluding hydrogens is 228 g/mol. The highest BCUT2D eigenvalue weighted by Gasteiger charge is 2.22. The second-order valence-electron chi connectivity index (χ2n) is 4.43. The Hall–Kier alpha value is -2.22. The second-order valence-corrected chi connectivity index (χ2v) is 4.43. The van der Waals surface area contributed by atoms with Gasteiger partial charge < -0.3 is 16.4 Å². The van der Waals surface area contributed by atoms with Gasteiger partial charge in [0.25, 0.3) is 0 Å². The van der Waals surface area contributed by atoms with Crippen LogP contribution in [0, 0.1) is 11.3 Å². The van der Waals surface area contributed by atoms with Gasteiger partial charge in [0.05, 0.1) is 23.0 Å². The van der Waals surface area contributed by atoms with Crippen molar-refractivity contribution in [1.29, 1.82) is 5.26 Å². The smallest absolute Gasteiger partial charge is 0.221 e. The van der Waals surface area contributed by atoms with E-state index in [1.54, 1.807) is 18.2 Å². The quantitative estimate of drug-likeness (QED) is 0.679. The maximum Gasteiger partial charge on any atom is 0.221 e. The summed E-state index contributed by atoms with van der Waals surface area (Å²) in [5, 5.41) is 14.7. The number of nitrogens with two attached hydrogens (primary N) is 1. The van der Waals surface area contributed by atoms with Gasteiger partial charge in [0.2, 0.25) is 5.91 Å². The van der Waals surface area contributed by atoms with E-state index in [9.17, 15) is 4.79 Å². The number of amides is 1. The Bertz CT molecular complexity index is 488. The first-order valence-electron chi connectivity index (χ1n) is 6.02. The lowest BCUT2D eigenvalue weighted by atomic mass is 10.2. The molecule has 0 atom stereocenters. The number of anilines is 2. The summed E-state index contributed by atoms with van der Waals surface area (Å²) in [5.74, 6) is 0.0669. The van der Waals surface area contributed by atoms with Crippen LogP contribution in [0.25, 0.3) is 0 Å². The number of nitrogens with zero attached hydrogens (tertiary/aromatic N) is 1. The van der Waals surface area contributed by atoms with Crippen LogP contribution in [-0.2, 0) is 4.79 Å². The molecule has 2 rings (SSSR count). The first-order valence-corrected chi connectivity index (χ1v) is 6.02. The Labute approximate surface area is 106 Å². The summed E-state index contributed by atoms with van der Waals surface area (Å²) in [6.07, 6.45) is 2.62. The van der Waals surface area contributed by atoms with E-state index in [4.69, 9.17) is 11.0 Å². The van der Waals surface area contributed by atoms with Crippen molar-refractivity contribution in [3.8, 4) is 6.07 Å². The third-order valence-corrected chi connectivity index (χ3v) is 2.79. The molecule has 94 valence electrons. The van der Waals surface area contributed by atoms with E-state index in [0.29, 0.717) is 30.3 Å². The number of carbonyl (C=O) groups is 1. The molecule has 1 amide bonds. The van der Waals surface area contributed by atoms with Crippen molar-refractivity contribution < 1.29 is 4.79 Å². The molecule has 5 heteroatoms. The Balaban J connectivity index is 1.79. The highest BCUT2D eigenvalue weighted by Crippen LogP contribution is 2.20. The van der Waals surface area contributed by atoms with Crippen molar-refractivity contribution in [3.05, 3.63) is 23.8 Å². The van der Waals surface area contributed by atoms with Crippen molar-refractivity contribution in [2.24, 2.45) is 0 Å². The maximum atomic E-state index is 11.4. The zero-order valence-corrected chi connectivity index (χ0v) is 10.1. The van der Waals surface area contributed by atoms with Gasteiger partial charge in [-0.25, -0.2) is 0 Å². The molecule has 0 aromatic heterocycles. The number of nitrogens with one attached hydrogen (secondary N) is 2. The van der Waals surface area contributed by atoms with Gasteiger partial charge in [-0.15, -0.1) is 0 Å². The Morgan fingerprint density at radius 3 is 2.89 bits per heavy atom. The van der Waals surface area contributed by atoms with E-state index < -0.39 is 0 Å². The Morgan fingerprint density at radius 2 is 2.28 bits per heavy atom. The molecule has 0 bridgehead atoms. The van der Waals surface area contributed by atoms with E-state index in [1.807, 2.05) is 6.07 Å². The molecule has 0 unspecified atom stereocenters. The van der Waals surface area contributed by atoms with Crippen LogP contribution < -0.4 is 16.4 Å². The first-order chi connectivity index (χ1) is 8.69. The molecule has 1 aliphatic carbocycles. The zero-order chi connectivity index (χ0) is 13.0. The van der Waals surface area contributed by atoms with Crippen molar-refractivity contribution >= 4 is 17.3 Å². The highest BCUT2D eigenvalue weighted by atomic mass is 16.1. The van der Waals surface area contributed by atoms with Gasteiger partial charge in [-0.2, -0.15) is 5.26 Å². The van der Waals surface area contributed by atoms with Crippen LogP contribution in [-0.4, -0.2) is 18.5 Å². The molecule has 0 heterocycles. The average molecular weight is 244 g/mol. The summed E-state index contributed by atoms with van der Waals surface area (Å²) in [5.41, 5.74) is 7.60. The SMILES string of the molecule is N#Cc1ccc(NCCC(=O)NC2CC2)c(N)c1. The lowest BCUT2D eigenvalue weighted by Crippen LogP contribution is -2.27. The summed E-state index contributed by atoms with van der Waals surface area (Å²) in [6, 6.07) is 7.50. The van der Waals surface area contributed by atoms with Gasteiger partial charge in [-0.1, -0.05) is 0 Å². The van der Waals surface area contributed by atoms with E-state index >= 15 is 0 Å². The van der Waals surface area contributed by atoms with Crippen molar-refractivity contribution in [1.82, 2.24) is 5.32 Å². The fourth-order valence-electron chi connectivity index (χ4n) is 1.63. The summed E-state index contributed by atoms with van der Waals surface area (Å²) >= 11 is 0. The molecule has 4 N–H and O–H groups in total. The van der Waals surface area contributed by atoms with Gasteiger partial charge in [0, 0.05) is 19.0 Å². The third-order valence-electron chi connectivity index (χ3n) is 2.79. The number of benzene rings is 1. The molecule has 1 aliphatic rings. The topological polar surface area (TPSA) is 90.9 Å². The first kappa shape index (κ1) is 12.2. The maximum absolute atomic E-state index is 11.4. The molecule has 0 aliphatic heterocycles. The van der Waals surface area contributed by atoms with Gasteiger partial charge in [0.15, 0.2) is 0 Å². The van der Waals surface area contributed by atoms with E-state index in [0.717, 1.165) is 18.5 Å². The molecule has 0 saturated heterocycles. The predicted octanol–water partition coefficient (Wildman–Crippen LogP) is 1.22. The number of rotatable bonds is 5. The molecule has 0 radical (unpaired) electrons. The minimum Gasteiger partial charge on any atom is -0.397 e. The molecule has 1 aromatic rings. The average Bonchev–Trinajstić information content (AvgIpc) is 3.15. The van der Waals surface area contributed by atoms with E-state index in [1.165, 1.54) is 0 Å². The highest BCUT2D eigenvalue weighted by molar-refractivity contribution is 5.77. The molecule has 18 heavy (non-hydrogen) atoms. The second kappa shape index (κ2) is 5.41. The van der Waals surface area contributed by atoms with Gasteiger partial charge >= 0.3 is 0 Å². The zero-order valence-electron chi connectivity index (χ0n) is 10.1. The van der Waals surface area contributed by atoms with Gasteiger partial charge in [0.1, 0.15) is 0 Å². The largest absolute Gasteiger partial charge is 0.397 e. The monoisotopic (exact) mass is 244 g/mol. The molecule has 1 fully saturated rings. The number of nitriles is 1. The molecular formula is C13H16N4O. The minimum atomic E-state index is 0.0669. The fourth-order valence-corrected chi connectivity index (χ4v) is 1.63. The number of hydrogen-bond acceptors (Lipinski definition) is 4. The minimum absolute atomic E-state index is 0.0669. The lowest BCUT2D eigenvalue weighted by Gasteiger charge is -2.09. The normalized spacial score (nSPS) is 13.7. The van der Waals surface area contributed by atoms with Crippen molar-refractivity contribution in [2.45, 2.75) is 25.3 Å². The summed E-state index contributed by atoms with van der Waals surface area (Å²) < 4.78 is 0. The van der Waals surface area contributed by atoms with Crippen LogP contribution in [0.15, 0.2) is 18.2 Å². The van der Waals surface area contributed by atoms with E-state index in [2.05, 4.69) is 10.6 Å². The van der Waals surface area contributed by atoms with Crippen molar-refractivity contribution in [2.75, 3.05) is 17.6 Å². The van der Waals surface area contributed by atoms with Crippen LogP contribution in [0.4, 0.5) is 11.4 Å². The fraction of sp³-hybridized carbons (Fsp3) is 0.385. The molecule has 1 aromatic carbocycles. The Morgan fingerprint density at radius 1 is 1.50 bits per heavy atom. The number of carbonyl (C=O) groups excluding carboxylic acids is 1. The molecule has 5 nitrogen and oxygen atoms in total. The van der Waals surface area contributed by atoms with Crippen LogP contribution >= 0.6 is 0 Å². The van der Waals surface area contributed by atoms with Crippen LogP contribution in [0.1, 0.15) is 24.8 Å². The third kappa shape index (κ3) is 3.39. The number of nitrogen functional groups attached to an aromatic ring is 1. The predicted molar refractivity (Wildman–Crippen MR) is 69.8 cm³/mol. The number of hydrogen-bond donors (Lipinski definition) is 3. The molecule has 1 saturated carbocycles. The van der Waals surface area contributed by atoms with Gasteiger partial charge in [-0.05, 0) is 31.0 Å². The standard InChI is InChI=1S/C13H16N4O/c14-8-9-1-4-12(11(15)7-9)16-6-5-13(18)17-10-2-3-10/h1,4,7,10,16H,2-3,5-6,15H2,(H,17,18). The Kier molecular flexibility index (Phi) is 3.68. The summed E-state index contributed by atoms with van der Waals surface area (Å²) in [6.45, 7) is 0.536. The van der Waals surface area contributed by atoms with E-state index in [-0.39, 0.29) is 5.91 Å². The van der Waals surface area contributed by atoms with Crippen LogP contribution in [0.5, 0.6) is 0 Å². The summed E-state index contributed by atoms with van der Waals surface area (Å²) in [4.78, 5) is 11.4.